The predicted molar refractivity (Wildman–Crippen MR) is 104 cm³/mol. The molecular formula is C20H15ClN4O2. The Bertz CT molecular complexity index is 1110. The lowest BCUT2D eigenvalue weighted by molar-refractivity contribution is -0.112. The van der Waals surface area contributed by atoms with Gasteiger partial charge in [0, 0.05) is 34.7 Å². The Morgan fingerprint density at radius 3 is 2.59 bits per heavy atom. The molecule has 0 saturated carbocycles. The van der Waals surface area contributed by atoms with Crippen LogP contribution in [0.4, 0.5) is 5.82 Å². The summed E-state index contributed by atoms with van der Waals surface area (Å²) in [6.07, 6.45) is 3.21. The van der Waals surface area contributed by atoms with Crippen molar-refractivity contribution in [3.63, 3.8) is 0 Å². The number of anilines is 1. The van der Waals surface area contributed by atoms with E-state index in [-0.39, 0.29) is 0 Å². The number of hydrogen-bond donors (Lipinski definition) is 2. The van der Waals surface area contributed by atoms with Crippen LogP contribution in [0.3, 0.4) is 0 Å². The Balaban J connectivity index is 1.67. The van der Waals surface area contributed by atoms with Gasteiger partial charge in [0.05, 0.1) is 11.8 Å². The summed E-state index contributed by atoms with van der Waals surface area (Å²) in [6.45, 7) is 0.563. The van der Waals surface area contributed by atoms with E-state index in [0.717, 1.165) is 16.5 Å². The summed E-state index contributed by atoms with van der Waals surface area (Å²) in [5.41, 5.74) is 2.28. The maximum Gasteiger partial charge on any atom is 0.297 e. The first kappa shape index (κ1) is 17.1. The number of benzene rings is 2. The van der Waals surface area contributed by atoms with Crippen LogP contribution in [0.1, 0.15) is 15.9 Å². The second-order valence-electron chi connectivity index (χ2n) is 6.07. The third kappa shape index (κ3) is 3.47. The van der Waals surface area contributed by atoms with Crippen molar-refractivity contribution in [3.05, 3.63) is 83.1 Å². The van der Waals surface area contributed by atoms with Crippen LogP contribution in [0.2, 0.25) is 5.02 Å². The standard InChI is InChI=1S/C20H15ClN4O2/c21-14-7-5-13(6-8-14)11-25-12-16(15-3-1-2-4-17(15)25)19(26)20(27)23-18-9-10-22-24-18/h1-10,12H,11H2,(H2,22,23,24,27). The third-order valence-electron chi connectivity index (χ3n) is 4.25. The second-order valence-corrected chi connectivity index (χ2v) is 6.50. The predicted octanol–water partition coefficient (Wildman–Crippen LogP) is 3.89. The Hall–Kier alpha value is -3.38. The molecule has 0 atom stereocenters. The summed E-state index contributed by atoms with van der Waals surface area (Å²) in [5, 5.41) is 10.3. The zero-order valence-corrected chi connectivity index (χ0v) is 14.9. The molecular weight excluding hydrogens is 364 g/mol. The van der Waals surface area contributed by atoms with Gasteiger partial charge in [0.1, 0.15) is 5.82 Å². The molecule has 4 rings (SSSR count). The molecule has 0 aliphatic carbocycles. The van der Waals surface area contributed by atoms with E-state index in [1.807, 2.05) is 53.1 Å². The number of fused-ring (bicyclic) bond motifs is 1. The summed E-state index contributed by atoms with van der Waals surface area (Å²) in [6, 6.07) is 16.6. The van der Waals surface area contributed by atoms with Crippen LogP contribution in [-0.4, -0.2) is 26.5 Å². The number of nitrogens with one attached hydrogen (secondary N) is 2. The van der Waals surface area contributed by atoms with Crippen LogP contribution in [0, 0.1) is 0 Å². The molecule has 4 aromatic rings. The maximum absolute atomic E-state index is 12.7. The molecule has 27 heavy (non-hydrogen) atoms. The minimum Gasteiger partial charge on any atom is -0.342 e. The van der Waals surface area contributed by atoms with Crippen LogP contribution in [0.5, 0.6) is 0 Å². The van der Waals surface area contributed by atoms with Gasteiger partial charge in [-0.15, -0.1) is 0 Å². The van der Waals surface area contributed by atoms with E-state index in [1.165, 1.54) is 6.20 Å². The minimum absolute atomic E-state index is 0.358. The number of ketones is 1. The normalized spacial score (nSPS) is 10.9. The van der Waals surface area contributed by atoms with Crippen LogP contribution in [0.25, 0.3) is 10.9 Å². The number of nitrogens with zero attached hydrogens (tertiary/aromatic N) is 2. The fourth-order valence-corrected chi connectivity index (χ4v) is 3.10. The summed E-state index contributed by atoms with van der Waals surface area (Å²) < 4.78 is 1.95. The van der Waals surface area contributed by atoms with Crippen molar-refractivity contribution in [3.8, 4) is 0 Å². The molecule has 2 N–H and O–H groups in total. The van der Waals surface area contributed by atoms with Gasteiger partial charge in [0.25, 0.3) is 11.7 Å². The molecule has 2 aromatic heterocycles. The summed E-state index contributed by atoms with van der Waals surface area (Å²) in [7, 11) is 0. The van der Waals surface area contributed by atoms with E-state index in [2.05, 4.69) is 15.5 Å². The molecule has 134 valence electrons. The topological polar surface area (TPSA) is 79.8 Å². The molecule has 2 aromatic carbocycles. The molecule has 0 fully saturated rings. The highest BCUT2D eigenvalue weighted by molar-refractivity contribution is 6.48. The monoisotopic (exact) mass is 378 g/mol. The summed E-state index contributed by atoms with van der Waals surface area (Å²) in [4.78, 5) is 25.0. The molecule has 0 aliphatic heterocycles. The molecule has 0 radical (unpaired) electrons. The summed E-state index contributed by atoms with van der Waals surface area (Å²) in [5.74, 6) is -0.942. The van der Waals surface area contributed by atoms with E-state index in [4.69, 9.17) is 11.6 Å². The van der Waals surface area contributed by atoms with Gasteiger partial charge >= 0.3 is 0 Å². The molecule has 2 heterocycles. The Kier molecular flexibility index (Phi) is 4.48. The number of halogens is 1. The number of carbonyl (C=O) groups excluding carboxylic acids is 2. The molecule has 0 spiro atoms. The van der Waals surface area contributed by atoms with Crippen LogP contribution >= 0.6 is 11.6 Å². The molecule has 0 bridgehead atoms. The molecule has 0 unspecified atom stereocenters. The lowest BCUT2D eigenvalue weighted by Crippen LogP contribution is -2.23. The van der Waals surface area contributed by atoms with E-state index in [0.29, 0.717) is 22.9 Å². The average molecular weight is 379 g/mol. The van der Waals surface area contributed by atoms with Crippen molar-refractivity contribution in [2.75, 3.05) is 5.32 Å². The number of aromatic amines is 1. The molecule has 0 aliphatic rings. The molecule has 1 amide bonds. The second kappa shape index (κ2) is 7.09. The Labute approximate surface area is 159 Å². The first-order chi connectivity index (χ1) is 13.1. The smallest absolute Gasteiger partial charge is 0.297 e. The number of H-pyrrole nitrogens is 1. The number of carbonyl (C=O) groups is 2. The van der Waals surface area contributed by atoms with E-state index < -0.39 is 11.7 Å². The fourth-order valence-electron chi connectivity index (χ4n) is 2.97. The zero-order valence-electron chi connectivity index (χ0n) is 14.1. The van der Waals surface area contributed by atoms with Crippen molar-refractivity contribution in [1.29, 1.82) is 0 Å². The van der Waals surface area contributed by atoms with Crippen LogP contribution in [-0.2, 0) is 11.3 Å². The Morgan fingerprint density at radius 2 is 1.85 bits per heavy atom. The highest BCUT2D eigenvalue weighted by atomic mass is 35.5. The fraction of sp³-hybridized carbons (Fsp3) is 0.0500. The lowest BCUT2D eigenvalue weighted by Gasteiger charge is -2.05. The highest BCUT2D eigenvalue weighted by Crippen LogP contribution is 2.23. The number of aromatic nitrogens is 3. The van der Waals surface area contributed by atoms with Gasteiger partial charge in [-0.3, -0.25) is 14.7 Å². The highest BCUT2D eigenvalue weighted by Gasteiger charge is 2.22. The zero-order chi connectivity index (χ0) is 18.8. The quantitative estimate of drug-likeness (QED) is 0.408. The lowest BCUT2D eigenvalue weighted by atomic mass is 10.1. The number of para-hydroxylation sites is 1. The van der Waals surface area contributed by atoms with E-state index >= 15 is 0 Å². The number of amides is 1. The SMILES string of the molecule is O=C(Nc1ccn[nH]1)C(=O)c1cn(Cc2ccc(Cl)cc2)c2ccccc12. The summed E-state index contributed by atoms with van der Waals surface area (Å²) >= 11 is 5.95. The number of hydrogen-bond acceptors (Lipinski definition) is 3. The Morgan fingerprint density at radius 1 is 1.07 bits per heavy atom. The van der Waals surface area contributed by atoms with E-state index in [9.17, 15) is 9.59 Å². The van der Waals surface area contributed by atoms with Gasteiger partial charge in [-0.2, -0.15) is 5.10 Å². The molecule has 6 nitrogen and oxygen atoms in total. The first-order valence-electron chi connectivity index (χ1n) is 8.29. The van der Waals surface area contributed by atoms with Crippen molar-refractivity contribution in [2.24, 2.45) is 0 Å². The van der Waals surface area contributed by atoms with Crippen molar-refractivity contribution >= 4 is 40.0 Å². The van der Waals surface area contributed by atoms with Crippen molar-refractivity contribution in [2.45, 2.75) is 6.54 Å². The third-order valence-corrected chi connectivity index (χ3v) is 4.51. The number of Topliss-reactive ketones (excluding diaryl/α,β-unsaturated/α-hetero) is 1. The first-order valence-corrected chi connectivity index (χ1v) is 8.67. The molecule has 7 heteroatoms. The van der Waals surface area contributed by atoms with Gasteiger partial charge in [0.15, 0.2) is 0 Å². The van der Waals surface area contributed by atoms with Crippen LogP contribution in [0.15, 0.2) is 67.0 Å². The minimum atomic E-state index is -0.714. The van der Waals surface area contributed by atoms with Gasteiger partial charge in [-0.25, -0.2) is 0 Å². The van der Waals surface area contributed by atoms with Crippen molar-refractivity contribution < 1.29 is 9.59 Å². The van der Waals surface area contributed by atoms with Gasteiger partial charge < -0.3 is 9.88 Å². The average Bonchev–Trinajstić information content (AvgIpc) is 3.31. The number of rotatable bonds is 5. The van der Waals surface area contributed by atoms with E-state index in [1.54, 1.807) is 12.3 Å². The maximum atomic E-state index is 12.7. The van der Waals surface area contributed by atoms with Crippen LogP contribution < -0.4 is 5.32 Å². The largest absolute Gasteiger partial charge is 0.342 e. The van der Waals surface area contributed by atoms with Gasteiger partial charge in [0.2, 0.25) is 0 Å². The van der Waals surface area contributed by atoms with Gasteiger partial charge in [-0.05, 0) is 23.8 Å². The van der Waals surface area contributed by atoms with Crippen molar-refractivity contribution in [1.82, 2.24) is 14.8 Å². The van der Waals surface area contributed by atoms with Gasteiger partial charge in [-0.1, -0.05) is 41.9 Å². The molecule has 0 saturated heterocycles.